The second-order valence-electron chi connectivity index (χ2n) is 4.92. The molecular formula is C15H17NO3. The van der Waals surface area contributed by atoms with E-state index in [4.69, 9.17) is 0 Å². The molecule has 100 valence electrons. The number of hydrogen-bond acceptors (Lipinski definition) is 3. The molecule has 0 radical (unpaired) electrons. The van der Waals surface area contributed by atoms with Crippen LogP contribution >= 0.6 is 0 Å². The second-order valence-corrected chi connectivity index (χ2v) is 4.92. The number of carbonyl (C=O) groups excluding carboxylic acids is 3. The molecule has 0 N–H and O–H groups in total. The Morgan fingerprint density at radius 2 is 1.95 bits per heavy atom. The van der Waals surface area contributed by atoms with Gasteiger partial charge in [0.2, 0.25) is 0 Å². The van der Waals surface area contributed by atoms with Crippen molar-refractivity contribution in [1.82, 2.24) is 0 Å². The molecule has 0 atom stereocenters. The van der Waals surface area contributed by atoms with Gasteiger partial charge in [0.15, 0.2) is 0 Å². The van der Waals surface area contributed by atoms with E-state index < -0.39 is 11.7 Å². The van der Waals surface area contributed by atoms with Crippen molar-refractivity contribution in [3.63, 3.8) is 0 Å². The quantitative estimate of drug-likeness (QED) is 0.602. The normalized spacial score (nSPS) is 13.9. The first-order valence-electron chi connectivity index (χ1n) is 6.47. The van der Waals surface area contributed by atoms with Crippen molar-refractivity contribution in [3.05, 3.63) is 29.3 Å². The molecular weight excluding hydrogens is 242 g/mol. The summed E-state index contributed by atoms with van der Waals surface area (Å²) in [6, 6.07) is 5.38. The molecule has 0 saturated carbocycles. The van der Waals surface area contributed by atoms with Crippen LogP contribution in [0.25, 0.3) is 0 Å². The highest BCUT2D eigenvalue weighted by Crippen LogP contribution is 2.32. The number of benzene rings is 1. The minimum Gasteiger partial charge on any atom is -0.304 e. The molecule has 19 heavy (non-hydrogen) atoms. The zero-order valence-corrected chi connectivity index (χ0v) is 11.2. The number of aryl methyl sites for hydroxylation is 1. The molecule has 0 aromatic heterocycles. The molecule has 0 spiro atoms. The summed E-state index contributed by atoms with van der Waals surface area (Å²) in [5, 5.41) is 0. The summed E-state index contributed by atoms with van der Waals surface area (Å²) in [5.74, 6) is -0.724. The van der Waals surface area contributed by atoms with Crippen molar-refractivity contribution in [3.8, 4) is 0 Å². The van der Waals surface area contributed by atoms with Crippen molar-refractivity contribution >= 4 is 23.2 Å². The van der Waals surface area contributed by atoms with E-state index in [9.17, 15) is 14.4 Å². The zero-order chi connectivity index (χ0) is 14.0. The highest BCUT2D eigenvalue weighted by Gasteiger charge is 2.36. The van der Waals surface area contributed by atoms with Crippen LogP contribution in [0.5, 0.6) is 0 Å². The van der Waals surface area contributed by atoms with Gasteiger partial charge >= 0.3 is 0 Å². The van der Waals surface area contributed by atoms with Gasteiger partial charge in [0.05, 0.1) is 11.3 Å². The third-order valence-corrected chi connectivity index (χ3v) is 3.35. The molecule has 1 aromatic carbocycles. The first kappa shape index (κ1) is 13.5. The van der Waals surface area contributed by atoms with Gasteiger partial charge in [-0.05, 0) is 38.3 Å². The number of para-hydroxylation sites is 1. The van der Waals surface area contributed by atoms with E-state index >= 15 is 0 Å². The fourth-order valence-electron chi connectivity index (χ4n) is 2.40. The number of rotatable bonds is 5. The average Bonchev–Trinajstić information content (AvgIpc) is 2.60. The molecule has 0 aliphatic carbocycles. The molecule has 0 saturated heterocycles. The van der Waals surface area contributed by atoms with Crippen LogP contribution in [0.15, 0.2) is 18.2 Å². The first-order chi connectivity index (χ1) is 9.02. The Labute approximate surface area is 112 Å². The molecule has 0 bridgehead atoms. The SMILES string of the molecule is CC(=O)CCCCN1C(=O)C(=O)c2cccc(C)c21. The minimum atomic E-state index is -0.452. The van der Waals surface area contributed by atoms with E-state index in [0.717, 1.165) is 24.1 Å². The van der Waals surface area contributed by atoms with Gasteiger partial charge in [-0.1, -0.05) is 12.1 Å². The topological polar surface area (TPSA) is 54.5 Å². The lowest BCUT2D eigenvalue weighted by Gasteiger charge is -2.18. The van der Waals surface area contributed by atoms with Gasteiger partial charge in [-0.2, -0.15) is 0 Å². The predicted octanol–water partition coefficient (Wildman–Crippen LogP) is 2.28. The molecule has 1 aliphatic heterocycles. The van der Waals surface area contributed by atoms with Crippen LogP contribution in [0, 0.1) is 6.92 Å². The lowest BCUT2D eigenvalue weighted by molar-refractivity contribution is -0.117. The van der Waals surface area contributed by atoms with Gasteiger partial charge in [0.25, 0.3) is 11.7 Å². The van der Waals surface area contributed by atoms with Crippen LogP contribution in [0.3, 0.4) is 0 Å². The maximum atomic E-state index is 12.0. The standard InChI is InChI=1S/C15H17NO3/c1-10-6-5-8-12-13(10)16(15(19)14(12)18)9-4-3-7-11(2)17/h5-6,8H,3-4,7,9H2,1-2H3. The third-order valence-electron chi connectivity index (χ3n) is 3.35. The molecule has 1 amide bonds. The highest BCUT2D eigenvalue weighted by molar-refractivity contribution is 6.52. The fraction of sp³-hybridized carbons (Fsp3) is 0.400. The number of Topliss-reactive ketones (excluding diaryl/α,β-unsaturated/α-hetero) is 2. The van der Waals surface area contributed by atoms with Crippen LogP contribution in [0.2, 0.25) is 0 Å². The monoisotopic (exact) mass is 259 g/mol. The summed E-state index contributed by atoms with van der Waals surface area (Å²) in [7, 11) is 0. The number of nitrogens with zero attached hydrogens (tertiary/aromatic N) is 1. The summed E-state index contributed by atoms with van der Waals surface area (Å²) in [4.78, 5) is 36.2. The molecule has 0 fully saturated rings. The van der Waals surface area contributed by atoms with E-state index in [1.54, 1.807) is 24.0 Å². The number of fused-ring (bicyclic) bond motifs is 1. The Kier molecular flexibility index (Phi) is 3.79. The van der Waals surface area contributed by atoms with E-state index in [0.29, 0.717) is 18.5 Å². The van der Waals surface area contributed by atoms with E-state index in [2.05, 4.69) is 0 Å². The van der Waals surface area contributed by atoms with Crippen molar-refractivity contribution < 1.29 is 14.4 Å². The summed E-state index contributed by atoms with van der Waals surface area (Å²) >= 11 is 0. The van der Waals surface area contributed by atoms with Gasteiger partial charge in [-0.3, -0.25) is 9.59 Å². The van der Waals surface area contributed by atoms with Crippen LogP contribution in [0.4, 0.5) is 5.69 Å². The maximum Gasteiger partial charge on any atom is 0.299 e. The Bertz CT molecular complexity index is 548. The molecule has 4 heteroatoms. The largest absolute Gasteiger partial charge is 0.304 e. The molecule has 0 unspecified atom stereocenters. The van der Waals surface area contributed by atoms with Gasteiger partial charge in [-0.15, -0.1) is 0 Å². The van der Waals surface area contributed by atoms with Crippen molar-refractivity contribution in [2.45, 2.75) is 33.1 Å². The maximum absolute atomic E-state index is 12.0. The second kappa shape index (κ2) is 5.34. The smallest absolute Gasteiger partial charge is 0.299 e. The number of carbonyl (C=O) groups is 3. The van der Waals surface area contributed by atoms with Crippen LogP contribution in [0.1, 0.15) is 42.1 Å². The summed E-state index contributed by atoms with van der Waals surface area (Å²) < 4.78 is 0. The summed E-state index contributed by atoms with van der Waals surface area (Å²) in [6.45, 7) is 3.95. The molecule has 1 aromatic rings. The number of ketones is 2. The molecule has 1 aliphatic rings. The van der Waals surface area contributed by atoms with Gasteiger partial charge in [0, 0.05) is 13.0 Å². The van der Waals surface area contributed by atoms with E-state index in [-0.39, 0.29) is 5.78 Å². The molecule has 4 nitrogen and oxygen atoms in total. The number of amides is 1. The summed E-state index contributed by atoms with van der Waals surface area (Å²) in [6.07, 6.45) is 2.00. The Hall–Kier alpha value is -1.97. The van der Waals surface area contributed by atoms with E-state index in [1.807, 2.05) is 13.0 Å². The summed E-state index contributed by atoms with van der Waals surface area (Å²) in [5.41, 5.74) is 2.17. The van der Waals surface area contributed by atoms with Crippen molar-refractivity contribution in [2.75, 3.05) is 11.4 Å². The number of unbranched alkanes of at least 4 members (excludes halogenated alkanes) is 1. The molecule has 2 rings (SSSR count). The van der Waals surface area contributed by atoms with Crippen LogP contribution < -0.4 is 4.90 Å². The lowest BCUT2D eigenvalue weighted by Crippen LogP contribution is -2.31. The highest BCUT2D eigenvalue weighted by atomic mass is 16.2. The predicted molar refractivity (Wildman–Crippen MR) is 72.4 cm³/mol. The fourth-order valence-corrected chi connectivity index (χ4v) is 2.40. The molecule has 1 heterocycles. The average molecular weight is 259 g/mol. The van der Waals surface area contributed by atoms with E-state index in [1.165, 1.54) is 0 Å². The number of hydrogen-bond donors (Lipinski definition) is 0. The first-order valence-corrected chi connectivity index (χ1v) is 6.47. The Morgan fingerprint density at radius 3 is 2.63 bits per heavy atom. The zero-order valence-electron chi connectivity index (χ0n) is 11.2. The van der Waals surface area contributed by atoms with Crippen molar-refractivity contribution in [1.29, 1.82) is 0 Å². The van der Waals surface area contributed by atoms with Crippen molar-refractivity contribution in [2.24, 2.45) is 0 Å². The van der Waals surface area contributed by atoms with Gasteiger partial charge < -0.3 is 9.69 Å². The minimum absolute atomic E-state index is 0.153. The van der Waals surface area contributed by atoms with Crippen LogP contribution in [-0.4, -0.2) is 24.0 Å². The Morgan fingerprint density at radius 1 is 1.21 bits per heavy atom. The number of anilines is 1. The van der Waals surface area contributed by atoms with Gasteiger partial charge in [0.1, 0.15) is 5.78 Å². The lowest BCUT2D eigenvalue weighted by atomic mass is 10.1. The van der Waals surface area contributed by atoms with Crippen LogP contribution in [-0.2, 0) is 9.59 Å². The Balaban J connectivity index is 2.12. The van der Waals surface area contributed by atoms with Gasteiger partial charge in [-0.25, -0.2) is 0 Å². The third kappa shape index (κ3) is 2.57.